The number of nitrogens with zero attached hydrogens (tertiary/aromatic N) is 4. The number of sulfonamides is 1. The molecule has 0 aliphatic carbocycles. The first kappa shape index (κ1) is 28.5. The van der Waals surface area contributed by atoms with Crippen LogP contribution < -0.4 is 9.21 Å². The molecule has 0 N–H and O–H groups in total. The highest BCUT2D eigenvalue weighted by molar-refractivity contribution is 7.92. The number of carbonyl (C=O) groups excluding carboxylic acids is 1. The van der Waals surface area contributed by atoms with Gasteiger partial charge in [-0.05, 0) is 81.7 Å². The van der Waals surface area contributed by atoms with Crippen LogP contribution >= 0.6 is 23.7 Å². The van der Waals surface area contributed by atoms with E-state index in [-0.39, 0.29) is 29.0 Å². The highest BCUT2D eigenvalue weighted by Gasteiger charge is 2.24. The molecule has 0 fully saturated rings. The molecule has 0 aliphatic heterocycles. The summed E-state index contributed by atoms with van der Waals surface area (Å²) in [4.78, 5) is 21.8. The van der Waals surface area contributed by atoms with Crippen molar-refractivity contribution >= 4 is 60.7 Å². The van der Waals surface area contributed by atoms with Crippen molar-refractivity contribution in [1.82, 2.24) is 9.88 Å². The van der Waals surface area contributed by atoms with Crippen LogP contribution in [0.1, 0.15) is 16.8 Å². The van der Waals surface area contributed by atoms with Gasteiger partial charge in [-0.3, -0.25) is 14.0 Å². The van der Waals surface area contributed by atoms with Gasteiger partial charge in [-0.15, -0.1) is 12.4 Å². The molecule has 1 amide bonds. The molecule has 37 heavy (non-hydrogen) atoms. The summed E-state index contributed by atoms with van der Waals surface area (Å²) in [7, 11) is 1.61. The molecule has 4 aromatic rings. The van der Waals surface area contributed by atoms with E-state index in [1.807, 2.05) is 25.1 Å². The third kappa shape index (κ3) is 6.45. The smallest absolute Gasteiger partial charge is 0.264 e. The number of hydrogen-bond acceptors (Lipinski definition) is 6. The Morgan fingerprint density at radius 1 is 0.946 bits per heavy atom. The van der Waals surface area contributed by atoms with Crippen LogP contribution in [-0.4, -0.2) is 58.4 Å². The second kappa shape index (κ2) is 12.0. The molecule has 0 bridgehead atoms. The van der Waals surface area contributed by atoms with E-state index in [0.29, 0.717) is 39.6 Å². The van der Waals surface area contributed by atoms with Crippen LogP contribution in [-0.2, 0) is 10.0 Å². The van der Waals surface area contributed by atoms with Crippen LogP contribution in [0.4, 0.5) is 15.2 Å². The van der Waals surface area contributed by atoms with E-state index in [1.54, 1.807) is 35.2 Å². The summed E-state index contributed by atoms with van der Waals surface area (Å²) in [5.41, 5.74) is 1.50. The second-order valence-corrected chi connectivity index (χ2v) is 11.5. The average Bonchev–Trinajstić information content (AvgIpc) is 3.29. The number of rotatable bonds is 9. The van der Waals surface area contributed by atoms with Gasteiger partial charge in [0.05, 0.1) is 20.8 Å². The quantitative estimate of drug-likeness (QED) is 0.277. The summed E-state index contributed by atoms with van der Waals surface area (Å²) in [6, 6.07) is 19.0. The molecule has 196 valence electrons. The van der Waals surface area contributed by atoms with Crippen molar-refractivity contribution in [2.24, 2.45) is 0 Å². The van der Waals surface area contributed by atoms with Crippen molar-refractivity contribution in [3.05, 3.63) is 84.2 Å². The maximum atomic E-state index is 13.7. The number of halogens is 2. The fraction of sp³-hybridized carbons (Fsp3) is 0.231. The number of aromatic nitrogens is 1. The van der Waals surface area contributed by atoms with Crippen LogP contribution in [0, 0.1) is 5.82 Å². The lowest BCUT2D eigenvalue weighted by atomic mass is 10.2. The maximum Gasteiger partial charge on any atom is 0.264 e. The number of carbonyl (C=O) groups is 1. The molecule has 0 saturated carbocycles. The van der Waals surface area contributed by atoms with E-state index in [2.05, 4.69) is 4.98 Å². The van der Waals surface area contributed by atoms with Crippen molar-refractivity contribution in [3.63, 3.8) is 0 Å². The largest absolute Gasteiger partial charge is 0.309 e. The van der Waals surface area contributed by atoms with Crippen molar-refractivity contribution in [2.75, 3.05) is 43.4 Å². The molecule has 0 saturated heterocycles. The monoisotopic (exact) mass is 562 g/mol. The van der Waals surface area contributed by atoms with E-state index in [4.69, 9.17) is 0 Å². The van der Waals surface area contributed by atoms with Gasteiger partial charge >= 0.3 is 0 Å². The molecule has 3 aromatic carbocycles. The van der Waals surface area contributed by atoms with Crippen molar-refractivity contribution in [2.45, 2.75) is 11.3 Å². The number of amides is 1. The molecular weight excluding hydrogens is 535 g/mol. The maximum absolute atomic E-state index is 13.7. The average molecular weight is 563 g/mol. The summed E-state index contributed by atoms with van der Waals surface area (Å²) >= 11 is 1.25. The fourth-order valence-electron chi connectivity index (χ4n) is 3.69. The van der Waals surface area contributed by atoms with Gasteiger partial charge in [0.2, 0.25) is 0 Å². The predicted octanol–water partition coefficient (Wildman–Crippen LogP) is 5.28. The summed E-state index contributed by atoms with van der Waals surface area (Å²) in [5.74, 6) is -0.658. The van der Waals surface area contributed by atoms with E-state index in [0.717, 1.165) is 6.54 Å². The zero-order valence-electron chi connectivity index (χ0n) is 20.7. The summed E-state index contributed by atoms with van der Waals surface area (Å²) < 4.78 is 41.7. The number of fused-ring (bicyclic) bond motifs is 1. The number of anilines is 2. The summed E-state index contributed by atoms with van der Waals surface area (Å²) in [5, 5.41) is 0.472. The second-order valence-electron chi connectivity index (χ2n) is 8.55. The highest BCUT2D eigenvalue weighted by Crippen LogP contribution is 2.31. The molecule has 0 spiro atoms. The Balaban J connectivity index is 0.00000380. The molecule has 7 nitrogen and oxygen atoms in total. The lowest BCUT2D eigenvalue weighted by Gasteiger charge is -2.22. The number of thiazole rings is 1. The molecule has 4 rings (SSSR count). The minimum Gasteiger partial charge on any atom is -0.309 e. The molecule has 1 aromatic heterocycles. The summed E-state index contributed by atoms with van der Waals surface area (Å²) in [6.45, 7) is 1.18. The fourth-order valence-corrected chi connectivity index (χ4v) is 5.90. The van der Waals surface area contributed by atoms with Gasteiger partial charge < -0.3 is 4.90 Å². The Morgan fingerprint density at radius 2 is 1.62 bits per heavy atom. The Labute approximate surface area is 226 Å². The van der Waals surface area contributed by atoms with Gasteiger partial charge in [-0.2, -0.15) is 0 Å². The van der Waals surface area contributed by atoms with E-state index in [9.17, 15) is 17.6 Å². The molecular formula is C26H28ClFN4O3S2. The van der Waals surface area contributed by atoms with Crippen LogP contribution in [0.15, 0.2) is 77.7 Å². The first-order chi connectivity index (χ1) is 17.2. The molecule has 1 heterocycles. The first-order valence-corrected chi connectivity index (χ1v) is 13.6. The third-order valence-electron chi connectivity index (χ3n) is 5.68. The van der Waals surface area contributed by atoms with Gasteiger partial charge in [-0.25, -0.2) is 17.8 Å². The lowest BCUT2D eigenvalue weighted by Crippen LogP contribution is -2.33. The highest BCUT2D eigenvalue weighted by atomic mass is 35.5. The minimum atomic E-state index is -3.79. The Morgan fingerprint density at radius 3 is 2.27 bits per heavy atom. The van der Waals surface area contributed by atoms with Gasteiger partial charge in [0.25, 0.3) is 15.9 Å². The van der Waals surface area contributed by atoms with Gasteiger partial charge in [-0.1, -0.05) is 29.5 Å². The Kier molecular flexibility index (Phi) is 9.25. The Bertz CT molecular complexity index is 1460. The van der Waals surface area contributed by atoms with Crippen molar-refractivity contribution < 1.29 is 17.6 Å². The standard InChI is InChI=1S/C26H27FN4O3S2.ClH/c1-29(2)16-7-17-31(26-28-23-15-12-20(27)18-24(23)35-26)25(32)19-10-13-22(14-11-19)36(33,34)30(3)21-8-5-4-6-9-21;/h4-6,8-15,18H,7,16-17H2,1-3H3;1H. The third-order valence-corrected chi connectivity index (χ3v) is 8.52. The molecule has 11 heteroatoms. The SMILES string of the molecule is CN(C)CCCN(C(=O)c1ccc(S(=O)(=O)N(C)c2ccccc2)cc1)c1nc2ccc(F)cc2s1.Cl. The van der Waals surface area contributed by atoms with Crippen LogP contribution in [0.2, 0.25) is 0 Å². The lowest BCUT2D eigenvalue weighted by molar-refractivity contribution is 0.0986. The van der Waals surface area contributed by atoms with Crippen molar-refractivity contribution in [1.29, 1.82) is 0 Å². The van der Waals surface area contributed by atoms with E-state index < -0.39 is 10.0 Å². The molecule has 0 aliphatic rings. The molecule has 0 unspecified atom stereocenters. The van der Waals surface area contributed by atoms with Crippen LogP contribution in [0.5, 0.6) is 0 Å². The van der Waals surface area contributed by atoms with Gasteiger partial charge in [0.1, 0.15) is 5.82 Å². The van der Waals surface area contributed by atoms with E-state index in [1.165, 1.54) is 59.1 Å². The number of hydrogen-bond donors (Lipinski definition) is 0. The Hall–Kier alpha value is -3.05. The molecule has 0 radical (unpaired) electrons. The number of benzene rings is 3. The normalized spacial score (nSPS) is 11.4. The number of para-hydroxylation sites is 1. The van der Waals surface area contributed by atoms with E-state index >= 15 is 0 Å². The minimum absolute atomic E-state index is 0. The van der Waals surface area contributed by atoms with Crippen LogP contribution in [0.3, 0.4) is 0 Å². The topological polar surface area (TPSA) is 73.8 Å². The predicted molar refractivity (Wildman–Crippen MR) is 150 cm³/mol. The van der Waals surface area contributed by atoms with Gasteiger partial charge in [0.15, 0.2) is 5.13 Å². The summed E-state index contributed by atoms with van der Waals surface area (Å²) in [6.07, 6.45) is 0.706. The van der Waals surface area contributed by atoms with Crippen LogP contribution in [0.25, 0.3) is 10.2 Å². The van der Waals surface area contributed by atoms with Gasteiger partial charge in [0, 0.05) is 19.2 Å². The molecule has 0 atom stereocenters. The zero-order valence-corrected chi connectivity index (χ0v) is 23.1. The zero-order chi connectivity index (χ0) is 25.9. The van der Waals surface area contributed by atoms with Crippen molar-refractivity contribution in [3.8, 4) is 0 Å². The first-order valence-electron chi connectivity index (χ1n) is 11.3.